The zero-order valence-corrected chi connectivity index (χ0v) is 20.5. The molecular formula is C26H27N5O3S. The Bertz CT molecular complexity index is 1230. The van der Waals surface area contributed by atoms with E-state index in [9.17, 15) is 4.79 Å². The normalized spacial score (nSPS) is 19.5. The van der Waals surface area contributed by atoms with Gasteiger partial charge in [-0.1, -0.05) is 43.3 Å². The summed E-state index contributed by atoms with van der Waals surface area (Å²) in [5.74, 6) is 1.44. The Morgan fingerprint density at radius 3 is 2.63 bits per heavy atom. The molecule has 3 aliphatic rings. The molecule has 0 radical (unpaired) electrons. The predicted octanol–water partition coefficient (Wildman–Crippen LogP) is 4.58. The van der Waals surface area contributed by atoms with Gasteiger partial charge in [-0.15, -0.1) is 5.10 Å². The molecule has 3 heterocycles. The molecule has 5 rings (SSSR count). The summed E-state index contributed by atoms with van der Waals surface area (Å²) in [6.07, 6.45) is 3.87. The first-order valence-corrected chi connectivity index (χ1v) is 12.4. The third kappa shape index (κ3) is 4.95. The molecule has 0 aliphatic carbocycles. The molecule has 3 aliphatic heterocycles. The van der Waals surface area contributed by atoms with Crippen molar-refractivity contribution in [2.24, 2.45) is 16.0 Å². The van der Waals surface area contributed by atoms with Crippen molar-refractivity contribution in [1.82, 2.24) is 9.91 Å². The number of carbonyl (C=O) groups excluding carboxylic acids is 1. The molecule has 35 heavy (non-hydrogen) atoms. The van der Waals surface area contributed by atoms with Crippen LogP contribution >= 0.6 is 11.8 Å². The molecule has 0 saturated carbocycles. The Labute approximate surface area is 208 Å². The lowest BCUT2D eigenvalue weighted by Crippen LogP contribution is -2.36. The number of carbonyl (C=O) groups is 1. The summed E-state index contributed by atoms with van der Waals surface area (Å²) in [5, 5.41) is 16.0. The van der Waals surface area contributed by atoms with Crippen LogP contribution in [0, 0.1) is 11.3 Å². The smallest absolute Gasteiger partial charge is 0.283 e. The fourth-order valence-corrected chi connectivity index (χ4v) is 5.05. The second-order valence-corrected chi connectivity index (χ2v) is 9.69. The molecule has 1 fully saturated rings. The molecule has 180 valence electrons. The average molecular weight is 490 g/mol. The summed E-state index contributed by atoms with van der Waals surface area (Å²) >= 11 is 1.36. The molecule has 0 bridgehead atoms. The summed E-state index contributed by atoms with van der Waals surface area (Å²) < 4.78 is 11.4. The van der Waals surface area contributed by atoms with Gasteiger partial charge in [-0.05, 0) is 59.9 Å². The van der Waals surface area contributed by atoms with Crippen LogP contribution in [0.25, 0.3) is 6.08 Å². The highest BCUT2D eigenvalue weighted by atomic mass is 32.2. The van der Waals surface area contributed by atoms with E-state index in [-0.39, 0.29) is 11.4 Å². The number of fused-ring (bicyclic) bond motifs is 1. The molecule has 1 amide bonds. The van der Waals surface area contributed by atoms with Crippen LogP contribution in [0.1, 0.15) is 30.9 Å². The van der Waals surface area contributed by atoms with Crippen molar-refractivity contribution in [3.05, 3.63) is 65.2 Å². The van der Waals surface area contributed by atoms with E-state index in [4.69, 9.17) is 14.9 Å². The van der Waals surface area contributed by atoms with Gasteiger partial charge in [-0.2, -0.15) is 10.0 Å². The number of hydrogen-bond donors (Lipinski definition) is 1. The number of benzene rings is 2. The highest BCUT2D eigenvalue weighted by Crippen LogP contribution is 2.33. The summed E-state index contributed by atoms with van der Waals surface area (Å²) in [6.45, 7) is 4.53. The fraction of sp³-hybridized carbons (Fsp3) is 0.308. The maximum atomic E-state index is 12.8. The summed E-state index contributed by atoms with van der Waals surface area (Å²) in [7, 11) is 1.57. The molecule has 0 aromatic heterocycles. The minimum Gasteiger partial charge on any atom is -0.493 e. The number of piperidine rings is 1. The predicted molar refractivity (Wildman–Crippen MR) is 139 cm³/mol. The number of amides is 1. The number of ether oxygens (including phenoxy) is 2. The lowest BCUT2D eigenvalue weighted by molar-refractivity contribution is -0.114. The fourth-order valence-electron chi connectivity index (χ4n) is 4.10. The topological polar surface area (TPSA) is 90.6 Å². The molecule has 1 N–H and O–H groups in total. The Morgan fingerprint density at radius 2 is 1.89 bits per heavy atom. The zero-order valence-electron chi connectivity index (χ0n) is 19.7. The van der Waals surface area contributed by atoms with E-state index in [0.717, 1.165) is 36.7 Å². The van der Waals surface area contributed by atoms with Crippen molar-refractivity contribution < 1.29 is 14.3 Å². The highest BCUT2D eigenvalue weighted by molar-refractivity contribution is 8.26. The zero-order chi connectivity index (χ0) is 24.4. The van der Waals surface area contributed by atoms with E-state index in [2.05, 4.69) is 21.9 Å². The van der Waals surface area contributed by atoms with E-state index < -0.39 is 5.91 Å². The van der Waals surface area contributed by atoms with E-state index in [1.807, 2.05) is 36.4 Å². The molecule has 8 nitrogen and oxygen atoms in total. The molecule has 2 aromatic rings. The number of hydrogen-bond acceptors (Lipinski definition) is 7. The Kier molecular flexibility index (Phi) is 6.59. The van der Waals surface area contributed by atoms with E-state index >= 15 is 0 Å². The monoisotopic (exact) mass is 489 g/mol. The van der Waals surface area contributed by atoms with Crippen LogP contribution < -0.4 is 9.47 Å². The van der Waals surface area contributed by atoms with Gasteiger partial charge in [0.15, 0.2) is 22.5 Å². The summed E-state index contributed by atoms with van der Waals surface area (Å²) in [4.78, 5) is 19.2. The number of thioether (sulfide) groups is 1. The number of amidine groups is 3. The number of nitrogens with zero attached hydrogens (tertiary/aromatic N) is 4. The third-order valence-electron chi connectivity index (χ3n) is 6.23. The second-order valence-electron chi connectivity index (χ2n) is 8.76. The molecule has 0 atom stereocenters. The SMILES string of the molecule is COc1cc(/C=C2/C(=N)N3N=C(N4CCC(C)CC4)SC3=NC2=O)ccc1OCc1ccccc1. The molecule has 0 unspecified atom stereocenters. The molecule has 9 heteroatoms. The number of methoxy groups -OCH3 is 1. The summed E-state index contributed by atoms with van der Waals surface area (Å²) in [6, 6.07) is 15.3. The number of nitrogens with one attached hydrogen (secondary N) is 1. The van der Waals surface area contributed by atoms with Gasteiger partial charge < -0.3 is 14.4 Å². The Balaban J connectivity index is 1.34. The average Bonchev–Trinajstić information content (AvgIpc) is 3.30. The lowest BCUT2D eigenvalue weighted by atomic mass is 10.00. The van der Waals surface area contributed by atoms with Crippen LogP contribution in [0.5, 0.6) is 11.5 Å². The van der Waals surface area contributed by atoms with Crippen molar-refractivity contribution in [3.8, 4) is 11.5 Å². The number of aliphatic imine (C=N–C) groups is 1. The lowest BCUT2D eigenvalue weighted by Gasteiger charge is -2.30. The quantitative estimate of drug-likeness (QED) is 0.618. The maximum absolute atomic E-state index is 12.8. The Hall–Kier alpha value is -3.59. The first-order chi connectivity index (χ1) is 17.0. The van der Waals surface area contributed by atoms with Crippen molar-refractivity contribution in [3.63, 3.8) is 0 Å². The molecular weight excluding hydrogens is 462 g/mol. The van der Waals surface area contributed by atoms with Gasteiger partial charge in [0.2, 0.25) is 5.17 Å². The van der Waals surface area contributed by atoms with Crippen LogP contribution in [-0.4, -0.2) is 52.2 Å². The Morgan fingerprint density at radius 1 is 1.11 bits per heavy atom. The van der Waals surface area contributed by atoms with Crippen molar-refractivity contribution in [2.75, 3.05) is 20.2 Å². The van der Waals surface area contributed by atoms with Crippen LogP contribution in [0.2, 0.25) is 0 Å². The highest BCUT2D eigenvalue weighted by Gasteiger charge is 2.37. The summed E-state index contributed by atoms with van der Waals surface area (Å²) in [5.41, 5.74) is 1.95. The molecule has 2 aromatic carbocycles. The van der Waals surface area contributed by atoms with Crippen LogP contribution in [0.15, 0.2) is 64.2 Å². The standard InChI is InChI=1S/C26H27N5O3S/c1-17-10-12-30(13-11-17)26-29-31-23(27)20(24(32)28-25(31)35-26)14-19-8-9-21(22(15-19)33-2)34-16-18-6-4-3-5-7-18/h3-9,14-15,17,27H,10-13,16H2,1-2H3/b20-14-,27-23?. The minimum atomic E-state index is -0.444. The minimum absolute atomic E-state index is 0.0243. The van der Waals surface area contributed by atoms with E-state index in [1.165, 1.54) is 16.8 Å². The van der Waals surface area contributed by atoms with Gasteiger partial charge in [-0.3, -0.25) is 10.2 Å². The third-order valence-corrected chi connectivity index (χ3v) is 7.20. The number of rotatable bonds is 5. The van der Waals surface area contributed by atoms with Gasteiger partial charge in [-0.25, -0.2) is 0 Å². The van der Waals surface area contributed by atoms with Gasteiger partial charge in [0.1, 0.15) is 6.61 Å². The van der Waals surface area contributed by atoms with Crippen LogP contribution in [0.3, 0.4) is 0 Å². The molecule has 0 spiro atoms. The van der Waals surface area contributed by atoms with Crippen molar-refractivity contribution in [1.29, 1.82) is 5.41 Å². The number of hydrazone groups is 1. The number of likely N-dealkylation sites (tertiary alicyclic amines) is 1. The van der Waals surface area contributed by atoms with Crippen LogP contribution in [0.4, 0.5) is 0 Å². The van der Waals surface area contributed by atoms with Crippen LogP contribution in [-0.2, 0) is 11.4 Å². The molecule has 1 saturated heterocycles. The van der Waals surface area contributed by atoms with Gasteiger partial charge >= 0.3 is 0 Å². The van der Waals surface area contributed by atoms with Gasteiger partial charge in [0.05, 0.1) is 12.7 Å². The first-order valence-electron chi connectivity index (χ1n) is 11.6. The largest absolute Gasteiger partial charge is 0.493 e. The first kappa shape index (κ1) is 23.2. The van der Waals surface area contributed by atoms with Crippen molar-refractivity contribution >= 4 is 39.9 Å². The van der Waals surface area contributed by atoms with Gasteiger partial charge in [0.25, 0.3) is 5.91 Å². The van der Waals surface area contributed by atoms with E-state index in [1.54, 1.807) is 25.3 Å². The van der Waals surface area contributed by atoms with Crippen molar-refractivity contribution in [2.45, 2.75) is 26.4 Å². The van der Waals surface area contributed by atoms with E-state index in [0.29, 0.717) is 34.8 Å². The maximum Gasteiger partial charge on any atom is 0.283 e. The second kappa shape index (κ2) is 9.95. The van der Waals surface area contributed by atoms with Gasteiger partial charge in [0, 0.05) is 13.1 Å².